The van der Waals surface area contributed by atoms with Crippen molar-refractivity contribution in [2.45, 2.75) is 18.8 Å². The van der Waals surface area contributed by atoms with Crippen LogP contribution in [0.1, 0.15) is 21.8 Å². The second-order valence-electron chi connectivity index (χ2n) is 5.38. The highest BCUT2D eigenvalue weighted by Gasteiger charge is 2.12. The number of carbonyl (C=O) groups is 1. The van der Waals surface area contributed by atoms with Gasteiger partial charge in [0.05, 0.1) is 5.75 Å². The lowest BCUT2D eigenvalue weighted by Crippen LogP contribution is -2.01. The zero-order valence-corrected chi connectivity index (χ0v) is 16.1. The molecule has 0 bridgehead atoms. The molecule has 5 nitrogen and oxygen atoms in total. The molecule has 134 valence electrons. The number of ether oxygens (including phenoxy) is 1. The van der Waals surface area contributed by atoms with E-state index in [1.54, 1.807) is 36.4 Å². The molecule has 2 aromatic carbocycles. The van der Waals surface area contributed by atoms with E-state index in [-0.39, 0.29) is 18.1 Å². The molecule has 3 rings (SSSR count). The molecule has 0 fully saturated rings. The molecule has 26 heavy (non-hydrogen) atoms. The molecule has 0 saturated heterocycles. The predicted octanol–water partition coefficient (Wildman–Crippen LogP) is 5.24. The molecule has 0 aliphatic heterocycles. The first-order chi connectivity index (χ1) is 12.5. The van der Waals surface area contributed by atoms with Crippen LogP contribution in [0, 0.1) is 6.92 Å². The van der Waals surface area contributed by atoms with E-state index in [0.29, 0.717) is 32.5 Å². The largest absolute Gasteiger partial charge is 0.484 e. The van der Waals surface area contributed by atoms with Crippen LogP contribution in [0.5, 0.6) is 5.75 Å². The molecule has 8 heteroatoms. The summed E-state index contributed by atoms with van der Waals surface area (Å²) in [4.78, 5) is 12.1. The summed E-state index contributed by atoms with van der Waals surface area (Å²) in [6.45, 7) is 2.04. The van der Waals surface area contributed by atoms with Gasteiger partial charge in [-0.05, 0) is 55.0 Å². The molecule has 3 aromatic rings. The number of aryl methyl sites for hydroxylation is 1. The molecular formula is C18H14Cl2N2O3S. The maximum absolute atomic E-state index is 12.1. The second kappa shape index (κ2) is 8.58. The standard InChI is InChI=1S/C18H14Cl2N2O3S/c1-11-8-14(6-7-15(11)20)24-9-17-21-22-18(25-17)26-10-16(23)12-2-4-13(19)5-3-12/h2-8H,9-10H2,1H3. The van der Waals surface area contributed by atoms with Crippen molar-refractivity contribution in [3.63, 3.8) is 0 Å². The van der Waals surface area contributed by atoms with E-state index >= 15 is 0 Å². The van der Waals surface area contributed by atoms with Gasteiger partial charge in [0, 0.05) is 15.6 Å². The number of nitrogens with zero attached hydrogens (tertiary/aromatic N) is 2. The van der Waals surface area contributed by atoms with Crippen LogP contribution in [0.2, 0.25) is 10.0 Å². The van der Waals surface area contributed by atoms with Gasteiger partial charge < -0.3 is 9.15 Å². The van der Waals surface area contributed by atoms with Gasteiger partial charge in [-0.1, -0.05) is 35.0 Å². The fourth-order valence-corrected chi connectivity index (χ4v) is 2.97. The minimum Gasteiger partial charge on any atom is -0.484 e. The van der Waals surface area contributed by atoms with Crippen molar-refractivity contribution in [3.05, 3.63) is 69.5 Å². The van der Waals surface area contributed by atoms with Crippen molar-refractivity contribution < 1.29 is 13.9 Å². The summed E-state index contributed by atoms with van der Waals surface area (Å²) in [7, 11) is 0. The van der Waals surface area contributed by atoms with Gasteiger partial charge in [0.15, 0.2) is 12.4 Å². The Bertz CT molecular complexity index is 913. The summed E-state index contributed by atoms with van der Waals surface area (Å²) in [5.41, 5.74) is 1.51. The first-order valence-electron chi connectivity index (χ1n) is 7.64. The van der Waals surface area contributed by atoms with Crippen LogP contribution < -0.4 is 4.74 Å². The number of aromatic nitrogens is 2. The molecule has 1 aromatic heterocycles. The highest BCUT2D eigenvalue weighted by molar-refractivity contribution is 7.99. The molecule has 0 saturated carbocycles. The van der Waals surface area contributed by atoms with Crippen LogP contribution in [0.4, 0.5) is 0 Å². The SMILES string of the molecule is Cc1cc(OCc2nnc(SCC(=O)c3ccc(Cl)cc3)o2)ccc1Cl. The first kappa shape index (κ1) is 18.8. The third-order valence-corrected chi connectivity index (χ3v) is 4.93. The zero-order chi connectivity index (χ0) is 18.5. The molecule has 1 heterocycles. The minimum atomic E-state index is -0.0423. The summed E-state index contributed by atoms with van der Waals surface area (Å²) >= 11 is 13.0. The molecule has 0 amide bonds. The van der Waals surface area contributed by atoms with Gasteiger partial charge >= 0.3 is 0 Å². The van der Waals surface area contributed by atoms with Gasteiger partial charge in [-0.2, -0.15) is 0 Å². The number of Topliss-reactive ketones (excluding diaryl/α,β-unsaturated/α-hetero) is 1. The fourth-order valence-electron chi connectivity index (χ4n) is 2.05. The Labute approximate surface area is 164 Å². The van der Waals surface area contributed by atoms with Crippen LogP contribution in [0.25, 0.3) is 0 Å². The molecular weight excluding hydrogens is 395 g/mol. The summed E-state index contributed by atoms with van der Waals surface area (Å²) < 4.78 is 11.1. The van der Waals surface area contributed by atoms with E-state index in [9.17, 15) is 4.79 Å². The van der Waals surface area contributed by atoms with Gasteiger partial charge in [-0.15, -0.1) is 10.2 Å². The van der Waals surface area contributed by atoms with E-state index in [4.69, 9.17) is 32.4 Å². The van der Waals surface area contributed by atoms with Crippen molar-refractivity contribution in [2.24, 2.45) is 0 Å². The Morgan fingerprint density at radius 2 is 1.92 bits per heavy atom. The number of hydrogen-bond donors (Lipinski definition) is 0. The van der Waals surface area contributed by atoms with Crippen LogP contribution in [0.15, 0.2) is 52.1 Å². The maximum Gasteiger partial charge on any atom is 0.277 e. The van der Waals surface area contributed by atoms with Crippen LogP contribution in [0.3, 0.4) is 0 Å². The summed E-state index contributed by atoms with van der Waals surface area (Å²) in [6.07, 6.45) is 0. The molecule has 0 aliphatic carbocycles. The lowest BCUT2D eigenvalue weighted by atomic mass is 10.1. The van der Waals surface area contributed by atoms with E-state index < -0.39 is 0 Å². The van der Waals surface area contributed by atoms with E-state index in [1.807, 2.05) is 13.0 Å². The molecule has 0 radical (unpaired) electrons. The summed E-state index contributed by atoms with van der Waals surface area (Å²) in [6, 6.07) is 12.1. The topological polar surface area (TPSA) is 65.2 Å². The van der Waals surface area contributed by atoms with Gasteiger partial charge in [0.1, 0.15) is 5.75 Å². The zero-order valence-electron chi connectivity index (χ0n) is 13.7. The maximum atomic E-state index is 12.1. The lowest BCUT2D eigenvalue weighted by molar-refractivity contribution is 0.102. The Hall–Kier alpha value is -2.02. The lowest BCUT2D eigenvalue weighted by Gasteiger charge is -2.05. The average Bonchev–Trinajstić information content (AvgIpc) is 3.09. The third kappa shape index (κ3) is 5.00. The predicted molar refractivity (Wildman–Crippen MR) is 101 cm³/mol. The minimum absolute atomic E-state index is 0.0423. The van der Waals surface area contributed by atoms with Gasteiger partial charge in [-0.25, -0.2) is 0 Å². The van der Waals surface area contributed by atoms with Gasteiger partial charge in [0.2, 0.25) is 0 Å². The Morgan fingerprint density at radius 1 is 1.15 bits per heavy atom. The number of benzene rings is 2. The second-order valence-corrected chi connectivity index (χ2v) is 7.15. The van der Waals surface area contributed by atoms with Crippen molar-refractivity contribution in [1.29, 1.82) is 0 Å². The smallest absolute Gasteiger partial charge is 0.277 e. The van der Waals surface area contributed by atoms with Crippen molar-refractivity contribution >= 4 is 40.7 Å². The van der Waals surface area contributed by atoms with Crippen LogP contribution in [-0.2, 0) is 6.61 Å². The Balaban J connectivity index is 1.52. The van der Waals surface area contributed by atoms with E-state index in [0.717, 1.165) is 5.56 Å². The van der Waals surface area contributed by atoms with Gasteiger partial charge in [0.25, 0.3) is 11.1 Å². The van der Waals surface area contributed by atoms with Crippen molar-refractivity contribution in [1.82, 2.24) is 10.2 Å². The van der Waals surface area contributed by atoms with E-state index in [2.05, 4.69) is 10.2 Å². The average molecular weight is 409 g/mol. The molecule has 0 atom stereocenters. The number of halogens is 2. The summed E-state index contributed by atoms with van der Waals surface area (Å²) in [5, 5.41) is 9.41. The Morgan fingerprint density at radius 3 is 2.65 bits per heavy atom. The number of hydrogen-bond acceptors (Lipinski definition) is 6. The highest BCUT2D eigenvalue weighted by atomic mass is 35.5. The highest BCUT2D eigenvalue weighted by Crippen LogP contribution is 2.23. The molecule has 0 aliphatic rings. The van der Waals surface area contributed by atoms with E-state index in [1.165, 1.54) is 11.8 Å². The van der Waals surface area contributed by atoms with Crippen LogP contribution >= 0.6 is 35.0 Å². The number of carbonyl (C=O) groups excluding carboxylic acids is 1. The number of ketones is 1. The molecule has 0 spiro atoms. The number of thioether (sulfide) groups is 1. The molecule has 0 N–H and O–H groups in total. The van der Waals surface area contributed by atoms with Crippen LogP contribution in [-0.4, -0.2) is 21.7 Å². The van der Waals surface area contributed by atoms with Crippen molar-refractivity contribution in [2.75, 3.05) is 5.75 Å². The number of rotatable bonds is 7. The molecule has 0 unspecified atom stereocenters. The summed E-state index contributed by atoms with van der Waals surface area (Å²) in [5.74, 6) is 1.15. The fraction of sp³-hybridized carbons (Fsp3) is 0.167. The normalized spacial score (nSPS) is 10.7. The third-order valence-electron chi connectivity index (χ3n) is 3.43. The van der Waals surface area contributed by atoms with Crippen molar-refractivity contribution in [3.8, 4) is 5.75 Å². The monoisotopic (exact) mass is 408 g/mol. The Kier molecular flexibility index (Phi) is 6.19. The first-order valence-corrected chi connectivity index (χ1v) is 9.38. The quantitative estimate of drug-likeness (QED) is 0.393. The van der Waals surface area contributed by atoms with Gasteiger partial charge in [-0.3, -0.25) is 4.79 Å².